The normalized spacial score (nSPS) is 11.5. The highest BCUT2D eigenvalue weighted by molar-refractivity contribution is 5.81. The third kappa shape index (κ3) is 8.12. The van der Waals surface area contributed by atoms with Crippen molar-refractivity contribution in [3.63, 3.8) is 0 Å². The lowest BCUT2D eigenvalue weighted by molar-refractivity contribution is -0.128. The summed E-state index contributed by atoms with van der Waals surface area (Å²) in [6, 6.07) is 0. The molecule has 0 atom stereocenters. The molecule has 0 aromatic heterocycles. The fourth-order valence-corrected chi connectivity index (χ4v) is 1.36. The number of nitrogens with one attached hydrogen (secondary N) is 2. The van der Waals surface area contributed by atoms with E-state index in [4.69, 9.17) is 9.47 Å². The van der Waals surface area contributed by atoms with E-state index in [0.717, 1.165) is 19.6 Å². The summed E-state index contributed by atoms with van der Waals surface area (Å²) in [4.78, 5) is 11.5. The summed E-state index contributed by atoms with van der Waals surface area (Å²) in [6.45, 7) is 7.37. The molecule has 1 amide bonds. The van der Waals surface area contributed by atoms with Gasteiger partial charge < -0.3 is 20.1 Å². The Balaban J connectivity index is 3.42. The van der Waals surface area contributed by atoms with Crippen LogP contribution in [0.15, 0.2) is 0 Å². The lowest BCUT2D eigenvalue weighted by Gasteiger charge is -2.22. The largest absolute Gasteiger partial charge is 0.382 e. The Morgan fingerprint density at radius 2 is 1.94 bits per heavy atom. The van der Waals surface area contributed by atoms with Crippen molar-refractivity contribution < 1.29 is 14.3 Å². The maximum Gasteiger partial charge on any atom is 0.226 e. The van der Waals surface area contributed by atoms with Crippen molar-refractivity contribution in [2.24, 2.45) is 5.41 Å². The Morgan fingerprint density at radius 3 is 2.53 bits per heavy atom. The second-order valence-corrected chi connectivity index (χ2v) is 4.60. The minimum atomic E-state index is -0.369. The van der Waals surface area contributed by atoms with Crippen LogP contribution in [-0.2, 0) is 14.3 Å². The van der Waals surface area contributed by atoms with Crippen molar-refractivity contribution in [1.82, 2.24) is 10.6 Å². The van der Waals surface area contributed by atoms with E-state index in [1.54, 1.807) is 14.2 Å². The van der Waals surface area contributed by atoms with E-state index in [-0.39, 0.29) is 11.3 Å². The van der Waals surface area contributed by atoms with E-state index >= 15 is 0 Å². The zero-order chi connectivity index (χ0) is 13.1. The molecule has 0 aromatic rings. The molecule has 2 N–H and O–H groups in total. The number of methoxy groups -OCH3 is 1. The van der Waals surface area contributed by atoms with Crippen LogP contribution in [0.2, 0.25) is 0 Å². The highest BCUT2D eigenvalue weighted by Gasteiger charge is 2.25. The van der Waals surface area contributed by atoms with Gasteiger partial charge in [0, 0.05) is 27.3 Å². The van der Waals surface area contributed by atoms with Gasteiger partial charge in [-0.15, -0.1) is 0 Å². The summed E-state index contributed by atoms with van der Waals surface area (Å²) in [5.74, 6) is 0.0568. The van der Waals surface area contributed by atoms with Gasteiger partial charge in [-0.25, -0.2) is 0 Å². The van der Waals surface area contributed by atoms with E-state index in [9.17, 15) is 4.79 Å². The molecule has 0 bridgehead atoms. The van der Waals surface area contributed by atoms with Gasteiger partial charge in [-0.05, 0) is 26.8 Å². The highest BCUT2D eigenvalue weighted by atomic mass is 16.5. The van der Waals surface area contributed by atoms with Crippen LogP contribution in [0.5, 0.6) is 0 Å². The molecule has 0 fully saturated rings. The summed E-state index contributed by atoms with van der Waals surface area (Å²) in [6.07, 6.45) is 0.938. The van der Waals surface area contributed by atoms with Gasteiger partial charge in [-0.2, -0.15) is 0 Å². The van der Waals surface area contributed by atoms with Crippen molar-refractivity contribution in [2.45, 2.75) is 20.3 Å². The molecule has 102 valence electrons. The predicted octanol–water partition coefficient (Wildman–Crippen LogP) is 0.401. The van der Waals surface area contributed by atoms with E-state index in [1.807, 2.05) is 13.8 Å². The smallest absolute Gasteiger partial charge is 0.226 e. The van der Waals surface area contributed by atoms with Gasteiger partial charge in [0.25, 0.3) is 0 Å². The number of hydrogen-bond acceptors (Lipinski definition) is 4. The molecule has 0 aliphatic heterocycles. The van der Waals surface area contributed by atoms with Gasteiger partial charge >= 0.3 is 0 Å². The second-order valence-electron chi connectivity index (χ2n) is 4.60. The number of rotatable bonds is 10. The molecule has 17 heavy (non-hydrogen) atoms. The molecule has 0 unspecified atom stereocenters. The summed E-state index contributed by atoms with van der Waals surface area (Å²) in [5, 5.41) is 5.92. The first kappa shape index (κ1) is 16.4. The molecule has 0 saturated heterocycles. The number of carbonyl (C=O) groups excluding carboxylic acids is 1. The van der Waals surface area contributed by atoms with Crippen LogP contribution in [0.25, 0.3) is 0 Å². The quantitative estimate of drug-likeness (QED) is 0.548. The average Bonchev–Trinajstić information content (AvgIpc) is 2.31. The van der Waals surface area contributed by atoms with Crippen molar-refractivity contribution in [2.75, 3.05) is 47.1 Å². The topological polar surface area (TPSA) is 59.6 Å². The minimum absolute atomic E-state index is 0.0568. The second kappa shape index (κ2) is 9.39. The molecule has 0 radical (unpaired) electrons. The van der Waals surface area contributed by atoms with Gasteiger partial charge in [0.1, 0.15) is 0 Å². The third-order valence-electron chi connectivity index (χ3n) is 2.48. The number of ether oxygens (including phenoxy) is 2. The fourth-order valence-electron chi connectivity index (χ4n) is 1.36. The number of hydrogen-bond donors (Lipinski definition) is 2. The van der Waals surface area contributed by atoms with Crippen molar-refractivity contribution in [3.05, 3.63) is 0 Å². The van der Waals surface area contributed by atoms with E-state index < -0.39 is 0 Å². The lowest BCUT2D eigenvalue weighted by Crippen LogP contribution is -2.42. The maximum absolute atomic E-state index is 11.5. The number of carbonyl (C=O) groups is 1. The Morgan fingerprint density at radius 1 is 1.24 bits per heavy atom. The van der Waals surface area contributed by atoms with Crippen molar-refractivity contribution >= 4 is 5.91 Å². The van der Waals surface area contributed by atoms with E-state index in [2.05, 4.69) is 10.6 Å². The highest BCUT2D eigenvalue weighted by Crippen LogP contribution is 2.12. The molecule has 0 saturated carbocycles. The third-order valence-corrected chi connectivity index (χ3v) is 2.48. The molecular formula is C12H26N2O3. The maximum atomic E-state index is 11.5. The van der Waals surface area contributed by atoms with Gasteiger partial charge in [0.05, 0.1) is 18.6 Å². The first-order chi connectivity index (χ1) is 8.04. The Hall–Kier alpha value is -0.650. The molecule has 5 nitrogen and oxygen atoms in total. The zero-order valence-corrected chi connectivity index (χ0v) is 11.5. The molecule has 0 heterocycles. The molecule has 0 aliphatic carbocycles. The van der Waals surface area contributed by atoms with Gasteiger partial charge in [0.15, 0.2) is 0 Å². The van der Waals surface area contributed by atoms with Gasteiger partial charge in [0.2, 0.25) is 5.91 Å². The van der Waals surface area contributed by atoms with Crippen LogP contribution in [-0.4, -0.2) is 53.0 Å². The lowest BCUT2D eigenvalue weighted by atomic mass is 9.92. The van der Waals surface area contributed by atoms with Crippen LogP contribution in [0.4, 0.5) is 0 Å². The SMILES string of the molecule is CNC(=O)C(C)(C)CNCCCOCCOC. The van der Waals surface area contributed by atoms with Crippen molar-refractivity contribution in [1.29, 1.82) is 0 Å². The standard InChI is InChI=1S/C12H26N2O3/c1-12(2,11(15)13-3)10-14-6-5-7-17-9-8-16-4/h14H,5-10H2,1-4H3,(H,13,15). The van der Waals surface area contributed by atoms with E-state index in [1.165, 1.54) is 0 Å². The van der Waals surface area contributed by atoms with Crippen LogP contribution in [0.1, 0.15) is 20.3 Å². The fraction of sp³-hybridized carbons (Fsp3) is 0.917. The minimum Gasteiger partial charge on any atom is -0.382 e. The Bertz CT molecular complexity index is 208. The van der Waals surface area contributed by atoms with Crippen molar-refractivity contribution in [3.8, 4) is 0 Å². The molecule has 0 rings (SSSR count). The van der Waals surface area contributed by atoms with Crippen LogP contribution < -0.4 is 10.6 Å². The summed E-state index contributed by atoms with van der Waals surface area (Å²) >= 11 is 0. The first-order valence-electron chi connectivity index (χ1n) is 6.04. The van der Waals surface area contributed by atoms with Crippen LogP contribution in [0.3, 0.4) is 0 Å². The van der Waals surface area contributed by atoms with Crippen LogP contribution >= 0.6 is 0 Å². The molecule has 0 spiro atoms. The Labute approximate surface area is 104 Å². The first-order valence-corrected chi connectivity index (χ1v) is 6.04. The van der Waals surface area contributed by atoms with Crippen LogP contribution in [0, 0.1) is 5.41 Å². The molecule has 0 aromatic carbocycles. The average molecular weight is 246 g/mol. The number of amides is 1. The predicted molar refractivity (Wildman–Crippen MR) is 68.0 cm³/mol. The zero-order valence-electron chi connectivity index (χ0n) is 11.5. The molecular weight excluding hydrogens is 220 g/mol. The monoisotopic (exact) mass is 246 g/mol. The summed E-state index contributed by atoms with van der Waals surface area (Å²) in [5.41, 5.74) is -0.369. The van der Waals surface area contributed by atoms with Gasteiger partial charge in [-0.3, -0.25) is 4.79 Å². The summed E-state index contributed by atoms with van der Waals surface area (Å²) < 4.78 is 10.2. The summed E-state index contributed by atoms with van der Waals surface area (Å²) in [7, 11) is 3.32. The Kier molecular flexibility index (Phi) is 9.03. The van der Waals surface area contributed by atoms with Gasteiger partial charge in [-0.1, -0.05) is 0 Å². The van der Waals surface area contributed by atoms with E-state index in [0.29, 0.717) is 19.8 Å². The molecule has 5 heteroatoms. The molecule has 0 aliphatic rings.